The van der Waals surface area contributed by atoms with Gasteiger partial charge in [-0.2, -0.15) is 0 Å². The van der Waals surface area contributed by atoms with Crippen LogP contribution in [0.1, 0.15) is 28.9 Å². The lowest BCUT2D eigenvalue weighted by molar-refractivity contribution is 0.0809. The van der Waals surface area contributed by atoms with E-state index in [2.05, 4.69) is 9.88 Å². The summed E-state index contributed by atoms with van der Waals surface area (Å²) in [7, 11) is 1.41. The third-order valence-corrected chi connectivity index (χ3v) is 4.42. The number of rotatable bonds is 5. The van der Waals surface area contributed by atoms with Gasteiger partial charge in [-0.15, -0.1) is 0 Å². The lowest BCUT2D eigenvalue weighted by Crippen LogP contribution is -2.38. The average Bonchev–Trinajstić information content (AvgIpc) is 2.62. The number of hydrogen-bond acceptors (Lipinski definition) is 4. The zero-order valence-corrected chi connectivity index (χ0v) is 13.7. The molecule has 1 fully saturated rings. The molecule has 5 heteroatoms. The summed E-state index contributed by atoms with van der Waals surface area (Å²) in [5, 5.41) is 0. The van der Waals surface area contributed by atoms with Crippen LogP contribution in [0.3, 0.4) is 0 Å². The van der Waals surface area contributed by atoms with Crippen molar-refractivity contribution in [2.75, 3.05) is 20.2 Å². The van der Waals surface area contributed by atoms with Crippen LogP contribution in [0.5, 0.6) is 5.75 Å². The van der Waals surface area contributed by atoms with Crippen molar-refractivity contribution < 1.29 is 13.9 Å². The number of hydrogen-bond donors (Lipinski definition) is 0. The molecule has 0 amide bonds. The van der Waals surface area contributed by atoms with Gasteiger partial charge in [-0.05, 0) is 49.7 Å². The highest BCUT2D eigenvalue weighted by Crippen LogP contribution is 2.24. The number of halogens is 1. The zero-order chi connectivity index (χ0) is 16.9. The van der Waals surface area contributed by atoms with Gasteiger partial charge in [0.15, 0.2) is 17.3 Å². The summed E-state index contributed by atoms with van der Waals surface area (Å²) >= 11 is 0. The predicted molar refractivity (Wildman–Crippen MR) is 89.5 cm³/mol. The summed E-state index contributed by atoms with van der Waals surface area (Å²) in [6.45, 7) is 2.38. The van der Waals surface area contributed by atoms with Gasteiger partial charge in [0.1, 0.15) is 0 Å². The van der Waals surface area contributed by atoms with Crippen molar-refractivity contribution in [1.29, 1.82) is 0 Å². The van der Waals surface area contributed by atoms with E-state index >= 15 is 0 Å². The van der Waals surface area contributed by atoms with Crippen LogP contribution in [-0.2, 0) is 6.54 Å². The van der Waals surface area contributed by atoms with Crippen molar-refractivity contribution >= 4 is 5.78 Å². The van der Waals surface area contributed by atoms with Gasteiger partial charge in [-0.25, -0.2) is 4.39 Å². The third kappa shape index (κ3) is 3.79. The van der Waals surface area contributed by atoms with E-state index in [9.17, 15) is 9.18 Å². The van der Waals surface area contributed by atoms with Gasteiger partial charge >= 0.3 is 0 Å². The fraction of sp³-hybridized carbons (Fsp3) is 0.368. The van der Waals surface area contributed by atoms with Crippen molar-refractivity contribution in [2.24, 2.45) is 5.92 Å². The van der Waals surface area contributed by atoms with Crippen LogP contribution in [0.25, 0.3) is 0 Å². The number of ether oxygens (including phenoxy) is 1. The number of ketones is 1. The predicted octanol–water partition coefficient (Wildman–Crippen LogP) is 3.32. The molecule has 0 N–H and O–H groups in total. The zero-order valence-electron chi connectivity index (χ0n) is 13.7. The molecule has 0 unspecified atom stereocenters. The van der Waals surface area contributed by atoms with Gasteiger partial charge in [0.2, 0.25) is 0 Å². The number of methoxy groups -OCH3 is 1. The van der Waals surface area contributed by atoms with Gasteiger partial charge < -0.3 is 4.74 Å². The number of carbonyl (C=O) groups is 1. The molecule has 0 bridgehead atoms. The Morgan fingerprint density at radius 2 is 2.25 bits per heavy atom. The molecule has 1 atom stereocenters. The third-order valence-electron chi connectivity index (χ3n) is 4.42. The molecule has 3 rings (SSSR count). The van der Waals surface area contributed by atoms with Crippen LogP contribution >= 0.6 is 0 Å². The number of aromatic nitrogens is 1. The standard InChI is InChI=1S/C19H21FN2O2/c1-24-18-8-7-14(11-17(18)20)19(23)15-5-4-10-22(12-15)13-16-6-2-3-9-21-16/h2-3,6-9,11,15H,4-5,10,12-13H2,1H3/t15-/m1/s1. The van der Waals surface area contributed by atoms with Crippen LogP contribution in [0.15, 0.2) is 42.6 Å². The number of Topliss-reactive ketones (excluding diaryl/α,β-unsaturated/α-hetero) is 1. The maximum Gasteiger partial charge on any atom is 0.167 e. The van der Waals surface area contributed by atoms with Crippen molar-refractivity contribution in [1.82, 2.24) is 9.88 Å². The summed E-state index contributed by atoms with van der Waals surface area (Å²) in [6, 6.07) is 10.3. The fourth-order valence-electron chi connectivity index (χ4n) is 3.19. The molecule has 1 aromatic heterocycles. The van der Waals surface area contributed by atoms with Gasteiger partial charge in [0.05, 0.1) is 12.8 Å². The Bertz CT molecular complexity index is 706. The quantitative estimate of drug-likeness (QED) is 0.790. The van der Waals surface area contributed by atoms with Gasteiger partial charge in [-0.3, -0.25) is 14.7 Å². The molecule has 1 aromatic carbocycles. The molecule has 4 nitrogen and oxygen atoms in total. The molecule has 1 saturated heterocycles. The molecule has 126 valence electrons. The molecule has 2 aromatic rings. The van der Waals surface area contributed by atoms with E-state index in [4.69, 9.17) is 4.74 Å². The summed E-state index contributed by atoms with van der Waals surface area (Å²) in [5.74, 6) is -0.436. The fourth-order valence-corrected chi connectivity index (χ4v) is 3.19. The highest BCUT2D eigenvalue weighted by molar-refractivity contribution is 5.98. The van der Waals surface area contributed by atoms with Crippen molar-refractivity contribution in [3.8, 4) is 5.75 Å². The monoisotopic (exact) mass is 328 g/mol. The summed E-state index contributed by atoms with van der Waals surface area (Å²) in [5.41, 5.74) is 1.42. The molecule has 0 radical (unpaired) electrons. The molecular formula is C19H21FN2O2. The summed E-state index contributed by atoms with van der Waals surface area (Å²) in [4.78, 5) is 19.3. The average molecular weight is 328 g/mol. The minimum absolute atomic E-state index is 0.00211. The van der Waals surface area contributed by atoms with Crippen LogP contribution in [0.2, 0.25) is 0 Å². The van der Waals surface area contributed by atoms with E-state index < -0.39 is 5.82 Å². The van der Waals surface area contributed by atoms with Crippen molar-refractivity contribution in [3.63, 3.8) is 0 Å². The SMILES string of the molecule is COc1ccc(C(=O)[C@@H]2CCCN(Cc3ccccn3)C2)cc1F. The van der Waals surface area contributed by atoms with E-state index in [1.807, 2.05) is 18.2 Å². The summed E-state index contributed by atoms with van der Waals surface area (Å²) < 4.78 is 18.8. The van der Waals surface area contributed by atoms with E-state index in [0.717, 1.165) is 31.6 Å². The molecule has 0 saturated carbocycles. The smallest absolute Gasteiger partial charge is 0.167 e. The Morgan fingerprint density at radius 3 is 2.96 bits per heavy atom. The number of piperidine rings is 1. The Morgan fingerprint density at radius 1 is 1.38 bits per heavy atom. The number of nitrogens with zero attached hydrogens (tertiary/aromatic N) is 2. The largest absolute Gasteiger partial charge is 0.494 e. The van der Waals surface area contributed by atoms with Crippen LogP contribution < -0.4 is 4.74 Å². The highest BCUT2D eigenvalue weighted by atomic mass is 19.1. The Balaban J connectivity index is 1.67. The Kier molecular flexibility index (Phi) is 5.20. The van der Waals surface area contributed by atoms with E-state index in [-0.39, 0.29) is 17.5 Å². The second-order valence-corrected chi connectivity index (χ2v) is 6.11. The van der Waals surface area contributed by atoms with Crippen LogP contribution in [0, 0.1) is 11.7 Å². The Hall–Kier alpha value is -2.27. The minimum atomic E-state index is -0.496. The molecule has 1 aliphatic heterocycles. The van der Waals surface area contributed by atoms with E-state index in [1.54, 1.807) is 12.3 Å². The molecule has 0 aliphatic carbocycles. The first-order valence-corrected chi connectivity index (χ1v) is 8.17. The minimum Gasteiger partial charge on any atom is -0.494 e. The number of pyridine rings is 1. The van der Waals surface area contributed by atoms with Gasteiger partial charge in [0, 0.05) is 30.8 Å². The molecule has 0 spiro atoms. The van der Waals surface area contributed by atoms with Crippen molar-refractivity contribution in [2.45, 2.75) is 19.4 Å². The Labute approximate surface area is 141 Å². The van der Waals surface area contributed by atoms with E-state index in [0.29, 0.717) is 12.1 Å². The molecular weight excluding hydrogens is 307 g/mol. The molecule has 2 heterocycles. The van der Waals surface area contributed by atoms with Crippen molar-refractivity contribution in [3.05, 3.63) is 59.7 Å². The van der Waals surface area contributed by atoms with Crippen LogP contribution in [-0.4, -0.2) is 35.9 Å². The first kappa shape index (κ1) is 16.6. The molecule has 1 aliphatic rings. The number of likely N-dealkylation sites (tertiary alicyclic amines) is 1. The maximum absolute atomic E-state index is 13.8. The van der Waals surface area contributed by atoms with Gasteiger partial charge in [-0.1, -0.05) is 6.07 Å². The maximum atomic E-state index is 13.8. The van der Waals surface area contributed by atoms with Crippen LogP contribution in [0.4, 0.5) is 4.39 Å². The lowest BCUT2D eigenvalue weighted by atomic mass is 9.90. The first-order valence-electron chi connectivity index (χ1n) is 8.17. The number of benzene rings is 1. The lowest BCUT2D eigenvalue weighted by Gasteiger charge is -2.31. The first-order chi connectivity index (χ1) is 11.7. The van der Waals surface area contributed by atoms with Gasteiger partial charge in [0.25, 0.3) is 0 Å². The summed E-state index contributed by atoms with van der Waals surface area (Å²) in [6.07, 6.45) is 3.58. The topological polar surface area (TPSA) is 42.4 Å². The number of carbonyl (C=O) groups excluding carboxylic acids is 1. The molecule has 24 heavy (non-hydrogen) atoms. The van der Waals surface area contributed by atoms with E-state index in [1.165, 1.54) is 19.2 Å². The highest BCUT2D eigenvalue weighted by Gasteiger charge is 2.27. The second kappa shape index (κ2) is 7.53. The second-order valence-electron chi connectivity index (χ2n) is 6.11. The normalized spacial score (nSPS) is 18.3.